The van der Waals surface area contributed by atoms with Crippen LogP contribution in [0.15, 0.2) is 65.8 Å². The van der Waals surface area contributed by atoms with Crippen LogP contribution in [0.25, 0.3) is 0 Å². The fourth-order valence-electron chi connectivity index (χ4n) is 3.18. The van der Waals surface area contributed by atoms with Crippen molar-refractivity contribution >= 4 is 18.1 Å². The van der Waals surface area contributed by atoms with Gasteiger partial charge in [-0.25, -0.2) is 10.2 Å². The van der Waals surface area contributed by atoms with Crippen LogP contribution < -0.4 is 19.6 Å². The number of hydrogen-bond acceptors (Lipinski definition) is 6. The maximum Gasteiger partial charge on any atom is 0.343 e. The van der Waals surface area contributed by atoms with Crippen LogP contribution in [0.2, 0.25) is 0 Å². The minimum absolute atomic E-state index is 0.154. The fourth-order valence-corrected chi connectivity index (χ4v) is 3.18. The lowest BCUT2D eigenvalue weighted by atomic mass is 10.1. The highest BCUT2D eigenvalue weighted by Gasteiger charge is 2.13. The van der Waals surface area contributed by atoms with Crippen molar-refractivity contribution in [2.75, 3.05) is 13.2 Å². The van der Waals surface area contributed by atoms with Gasteiger partial charge in [0.2, 0.25) is 0 Å². The summed E-state index contributed by atoms with van der Waals surface area (Å²) < 4.78 is 16.7. The molecule has 3 aromatic carbocycles. The molecule has 7 heteroatoms. The normalized spacial score (nSPS) is 10.7. The summed E-state index contributed by atoms with van der Waals surface area (Å²) >= 11 is 0. The Balaban J connectivity index is 1.59. The molecule has 176 valence electrons. The molecule has 0 aliphatic heterocycles. The van der Waals surface area contributed by atoms with Gasteiger partial charge in [0.25, 0.3) is 5.91 Å². The lowest BCUT2D eigenvalue weighted by molar-refractivity contribution is -0.123. The van der Waals surface area contributed by atoms with Crippen molar-refractivity contribution in [2.24, 2.45) is 5.10 Å². The molecular weight excluding hydrogens is 432 g/mol. The van der Waals surface area contributed by atoms with Gasteiger partial charge in [-0.2, -0.15) is 5.10 Å². The average molecular weight is 461 g/mol. The predicted molar refractivity (Wildman–Crippen MR) is 131 cm³/mol. The van der Waals surface area contributed by atoms with E-state index in [4.69, 9.17) is 14.2 Å². The number of benzene rings is 3. The van der Waals surface area contributed by atoms with Crippen LogP contribution in [-0.4, -0.2) is 31.3 Å². The van der Waals surface area contributed by atoms with Gasteiger partial charge in [0, 0.05) is 0 Å². The summed E-state index contributed by atoms with van der Waals surface area (Å²) in [6, 6.07) is 17.9. The van der Waals surface area contributed by atoms with Crippen molar-refractivity contribution in [3.63, 3.8) is 0 Å². The summed E-state index contributed by atoms with van der Waals surface area (Å²) in [4.78, 5) is 24.5. The van der Waals surface area contributed by atoms with E-state index in [9.17, 15) is 9.59 Å². The zero-order valence-corrected chi connectivity index (χ0v) is 19.8. The maximum atomic E-state index is 12.5. The Kier molecular flexibility index (Phi) is 8.40. The number of carbonyl (C=O) groups excluding carboxylic acids is 2. The highest BCUT2D eigenvalue weighted by atomic mass is 16.6. The van der Waals surface area contributed by atoms with Gasteiger partial charge in [-0.1, -0.05) is 23.8 Å². The molecule has 7 nitrogen and oxygen atoms in total. The molecule has 3 aromatic rings. The summed E-state index contributed by atoms with van der Waals surface area (Å²) in [6.45, 7) is 7.96. The standard InChI is InChI=1S/C27H28N2O5/c1-5-32-25-15-21(8-11-24(25)34-27(31)22-9-6-18(2)7-10-22)16-28-29-26(30)17-33-23-13-19(3)12-20(4)14-23/h6-16H,5,17H2,1-4H3,(H,29,30). The number of amides is 1. The van der Waals surface area contributed by atoms with Gasteiger partial charge in [0.1, 0.15) is 5.75 Å². The molecule has 0 radical (unpaired) electrons. The Morgan fingerprint density at radius 2 is 1.56 bits per heavy atom. The Morgan fingerprint density at radius 3 is 2.24 bits per heavy atom. The molecule has 0 aliphatic rings. The van der Waals surface area contributed by atoms with Gasteiger partial charge in [-0.3, -0.25) is 4.79 Å². The molecule has 0 spiro atoms. The Bertz CT molecular complexity index is 1170. The summed E-state index contributed by atoms with van der Waals surface area (Å²) in [7, 11) is 0. The number of nitrogens with zero attached hydrogens (tertiary/aromatic N) is 1. The molecule has 1 N–H and O–H groups in total. The molecule has 3 rings (SSSR count). The summed E-state index contributed by atoms with van der Waals surface area (Å²) in [5, 5.41) is 3.97. The van der Waals surface area contributed by atoms with E-state index in [1.165, 1.54) is 6.21 Å². The van der Waals surface area contributed by atoms with Crippen LogP contribution in [-0.2, 0) is 4.79 Å². The smallest absolute Gasteiger partial charge is 0.343 e. The molecule has 0 aliphatic carbocycles. The minimum atomic E-state index is -0.474. The first-order chi connectivity index (χ1) is 16.3. The molecule has 0 atom stereocenters. The van der Waals surface area contributed by atoms with Crippen LogP contribution in [0.1, 0.15) is 39.5 Å². The second-order valence-electron chi connectivity index (χ2n) is 7.80. The number of rotatable bonds is 9. The number of carbonyl (C=O) groups is 2. The largest absolute Gasteiger partial charge is 0.490 e. The molecule has 0 bridgehead atoms. The number of esters is 1. The van der Waals surface area contributed by atoms with Crippen LogP contribution >= 0.6 is 0 Å². The predicted octanol–water partition coefficient (Wildman–Crippen LogP) is 4.76. The quantitative estimate of drug-likeness (QED) is 0.215. The molecule has 34 heavy (non-hydrogen) atoms. The highest BCUT2D eigenvalue weighted by molar-refractivity contribution is 5.91. The van der Waals surface area contributed by atoms with Crippen LogP contribution in [0.4, 0.5) is 0 Å². The van der Waals surface area contributed by atoms with E-state index in [0.717, 1.165) is 16.7 Å². The van der Waals surface area contributed by atoms with Crippen LogP contribution in [0.3, 0.4) is 0 Å². The van der Waals surface area contributed by atoms with E-state index < -0.39 is 5.97 Å². The van der Waals surface area contributed by atoms with Crippen LogP contribution in [0, 0.1) is 20.8 Å². The zero-order chi connectivity index (χ0) is 24.5. The van der Waals surface area contributed by atoms with Crippen molar-refractivity contribution in [3.8, 4) is 17.2 Å². The van der Waals surface area contributed by atoms with Crippen molar-refractivity contribution in [2.45, 2.75) is 27.7 Å². The number of hydrazone groups is 1. The number of hydrogen-bond donors (Lipinski definition) is 1. The maximum absolute atomic E-state index is 12.5. The summed E-state index contributed by atoms with van der Waals surface area (Å²) in [5.41, 5.74) is 6.72. The SMILES string of the molecule is CCOc1cc(C=NNC(=O)COc2cc(C)cc(C)c2)ccc1OC(=O)c1ccc(C)cc1. The van der Waals surface area contributed by atoms with Gasteiger partial charge in [-0.05, 0) is 86.8 Å². The first-order valence-electron chi connectivity index (χ1n) is 10.9. The van der Waals surface area contributed by atoms with Gasteiger partial charge in [0.15, 0.2) is 18.1 Å². The minimum Gasteiger partial charge on any atom is -0.490 e. The third kappa shape index (κ3) is 7.20. The molecular formula is C27H28N2O5. The van der Waals surface area contributed by atoms with E-state index in [0.29, 0.717) is 35.0 Å². The van der Waals surface area contributed by atoms with E-state index in [1.807, 2.05) is 58.0 Å². The van der Waals surface area contributed by atoms with Crippen LogP contribution in [0.5, 0.6) is 17.2 Å². The highest BCUT2D eigenvalue weighted by Crippen LogP contribution is 2.29. The summed E-state index contributed by atoms with van der Waals surface area (Å²) in [6.07, 6.45) is 1.48. The van der Waals surface area contributed by atoms with Gasteiger partial charge >= 0.3 is 5.97 Å². The van der Waals surface area contributed by atoms with E-state index >= 15 is 0 Å². The molecule has 0 fully saturated rings. The Hall–Kier alpha value is -4.13. The molecule has 0 aromatic heterocycles. The topological polar surface area (TPSA) is 86.2 Å². The second-order valence-corrected chi connectivity index (χ2v) is 7.80. The number of aryl methyl sites for hydroxylation is 3. The Morgan fingerprint density at radius 1 is 0.853 bits per heavy atom. The molecule has 1 amide bonds. The van der Waals surface area contributed by atoms with Crippen molar-refractivity contribution in [1.82, 2.24) is 5.43 Å². The van der Waals surface area contributed by atoms with Gasteiger partial charge in [0.05, 0.1) is 18.4 Å². The number of nitrogens with one attached hydrogen (secondary N) is 1. The molecule has 0 saturated carbocycles. The third-order valence-corrected chi connectivity index (χ3v) is 4.73. The molecule has 0 unspecified atom stereocenters. The van der Waals surface area contributed by atoms with Gasteiger partial charge in [-0.15, -0.1) is 0 Å². The lowest BCUT2D eigenvalue weighted by Crippen LogP contribution is -2.24. The van der Waals surface area contributed by atoms with E-state index in [1.54, 1.807) is 30.3 Å². The Labute approximate surface area is 199 Å². The van der Waals surface area contributed by atoms with Crippen molar-refractivity contribution < 1.29 is 23.8 Å². The average Bonchev–Trinajstić information content (AvgIpc) is 2.79. The van der Waals surface area contributed by atoms with Crippen molar-refractivity contribution in [1.29, 1.82) is 0 Å². The third-order valence-electron chi connectivity index (χ3n) is 4.73. The van der Waals surface area contributed by atoms with E-state index in [2.05, 4.69) is 10.5 Å². The fraction of sp³-hybridized carbons (Fsp3) is 0.222. The monoisotopic (exact) mass is 460 g/mol. The molecule has 0 heterocycles. The lowest BCUT2D eigenvalue weighted by Gasteiger charge is -2.11. The second kappa shape index (κ2) is 11.7. The van der Waals surface area contributed by atoms with E-state index in [-0.39, 0.29) is 12.5 Å². The zero-order valence-electron chi connectivity index (χ0n) is 19.8. The van der Waals surface area contributed by atoms with Crippen molar-refractivity contribution in [3.05, 3.63) is 88.5 Å². The number of ether oxygens (including phenoxy) is 3. The first-order valence-corrected chi connectivity index (χ1v) is 10.9. The van der Waals surface area contributed by atoms with Gasteiger partial charge < -0.3 is 14.2 Å². The summed E-state index contributed by atoms with van der Waals surface area (Å²) in [5.74, 6) is 0.475. The molecule has 0 saturated heterocycles. The first kappa shape index (κ1) is 24.5.